The molecule has 0 aliphatic carbocycles. The Morgan fingerprint density at radius 3 is 2.70 bits per heavy atom. The number of rotatable bonds is 0. The molecule has 56 valence electrons. The van der Waals surface area contributed by atoms with Gasteiger partial charge in [0.15, 0.2) is 0 Å². The number of nitrogens with one attached hydrogen (secondary N) is 1. The molecule has 3 nitrogen and oxygen atoms in total. The summed E-state index contributed by atoms with van der Waals surface area (Å²) in [4.78, 5) is 16.6. The van der Waals surface area contributed by atoms with E-state index in [2.05, 4.69) is 9.97 Å². The number of nitrogens with zero attached hydrogens (tertiary/aromatic N) is 1. The summed E-state index contributed by atoms with van der Waals surface area (Å²) in [5.41, 5.74) is 0.413. The fraction of sp³-hybridized carbons (Fsp3) is 0.200. The van der Waals surface area contributed by atoms with Crippen molar-refractivity contribution in [1.82, 2.24) is 9.97 Å². The van der Waals surface area contributed by atoms with Crippen LogP contribution < -0.4 is 5.56 Å². The molecule has 0 saturated heterocycles. The first-order valence-electron chi connectivity index (χ1n) is 2.42. The van der Waals surface area contributed by atoms with Crippen LogP contribution in [0.2, 0.25) is 5.28 Å². The van der Waals surface area contributed by atoms with Gasteiger partial charge in [0, 0.05) is 11.8 Å². The van der Waals surface area contributed by atoms with Gasteiger partial charge in [-0.1, -0.05) is 0 Å². The van der Waals surface area contributed by atoms with Gasteiger partial charge in [0.05, 0.1) is 0 Å². The summed E-state index contributed by atoms with van der Waals surface area (Å²) in [6.45, 7) is 1.71. The van der Waals surface area contributed by atoms with Gasteiger partial charge in [-0.25, -0.2) is 4.98 Å². The van der Waals surface area contributed by atoms with Crippen molar-refractivity contribution in [3.63, 3.8) is 0 Å². The normalized spacial score (nSPS) is 8.60. The monoisotopic (exact) mass is 180 g/mol. The van der Waals surface area contributed by atoms with E-state index in [0.717, 1.165) is 0 Å². The van der Waals surface area contributed by atoms with Gasteiger partial charge in [-0.05, 0) is 18.5 Å². The summed E-state index contributed by atoms with van der Waals surface area (Å²) in [5, 5.41) is 0.139. The van der Waals surface area contributed by atoms with E-state index < -0.39 is 0 Å². The minimum absolute atomic E-state index is 0. The van der Waals surface area contributed by atoms with Gasteiger partial charge in [-0.3, -0.25) is 9.78 Å². The van der Waals surface area contributed by atoms with Gasteiger partial charge < -0.3 is 0 Å². The van der Waals surface area contributed by atoms with E-state index in [9.17, 15) is 4.79 Å². The van der Waals surface area contributed by atoms with E-state index >= 15 is 0 Å². The Kier molecular flexibility index (Phi) is 3.39. The summed E-state index contributed by atoms with van der Waals surface area (Å²) in [6, 6.07) is 1.38. The number of halogens is 2. The number of hydrogen-bond donors (Lipinski definition) is 1. The SMILES string of the molecule is Cc1cc(=O)[nH]c(Cl)n1.Cl. The molecule has 1 heterocycles. The van der Waals surface area contributed by atoms with Crippen molar-refractivity contribution < 1.29 is 0 Å². The van der Waals surface area contributed by atoms with Crippen LogP contribution in [0.25, 0.3) is 0 Å². The van der Waals surface area contributed by atoms with Crippen molar-refractivity contribution in [3.05, 3.63) is 27.4 Å². The maximum atomic E-state index is 10.5. The highest BCUT2D eigenvalue weighted by molar-refractivity contribution is 6.28. The summed E-state index contributed by atoms with van der Waals surface area (Å²) < 4.78 is 0. The van der Waals surface area contributed by atoms with E-state index in [0.29, 0.717) is 5.69 Å². The van der Waals surface area contributed by atoms with Crippen LogP contribution in [0.5, 0.6) is 0 Å². The molecule has 0 saturated carbocycles. The Morgan fingerprint density at radius 2 is 2.30 bits per heavy atom. The quantitative estimate of drug-likeness (QED) is 0.610. The minimum Gasteiger partial charge on any atom is -0.297 e. The Balaban J connectivity index is 0.000000810. The van der Waals surface area contributed by atoms with E-state index in [1.54, 1.807) is 6.92 Å². The molecular weight excluding hydrogens is 175 g/mol. The van der Waals surface area contributed by atoms with Gasteiger partial charge in [0.25, 0.3) is 5.56 Å². The van der Waals surface area contributed by atoms with Crippen LogP contribution in [0.1, 0.15) is 5.69 Å². The van der Waals surface area contributed by atoms with Gasteiger partial charge >= 0.3 is 0 Å². The number of aryl methyl sites for hydroxylation is 1. The van der Waals surface area contributed by atoms with Crippen molar-refractivity contribution >= 4 is 24.0 Å². The minimum atomic E-state index is -0.215. The van der Waals surface area contributed by atoms with Gasteiger partial charge in [-0.15, -0.1) is 12.4 Å². The van der Waals surface area contributed by atoms with Crippen LogP contribution in [0, 0.1) is 6.92 Å². The molecule has 0 aromatic carbocycles. The van der Waals surface area contributed by atoms with Crippen LogP contribution in [-0.4, -0.2) is 9.97 Å². The first kappa shape index (κ1) is 9.46. The second-order valence-corrected chi connectivity index (χ2v) is 2.04. The molecule has 1 rings (SSSR count). The highest BCUT2D eigenvalue weighted by atomic mass is 35.5. The van der Waals surface area contributed by atoms with Crippen LogP contribution in [0.3, 0.4) is 0 Å². The molecule has 0 unspecified atom stereocenters. The third kappa shape index (κ3) is 2.37. The van der Waals surface area contributed by atoms with E-state index in [1.807, 2.05) is 0 Å². The van der Waals surface area contributed by atoms with E-state index in [-0.39, 0.29) is 23.2 Å². The Hall–Kier alpha value is -0.540. The lowest BCUT2D eigenvalue weighted by atomic mass is 10.5. The molecular formula is C5H6Cl2N2O. The average Bonchev–Trinajstić information content (AvgIpc) is 1.59. The predicted octanol–water partition coefficient (Wildman–Crippen LogP) is 1.15. The zero-order valence-corrected chi connectivity index (χ0v) is 6.79. The molecule has 5 heteroatoms. The standard InChI is InChI=1S/C5H5ClN2O.ClH/c1-3-2-4(9)8-5(6)7-3;/h2H,1H3,(H,7,8,9);1H. The number of hydrogen-bond acceptors (Lipinski definition) is 2. The first-order chi connectivity index (χ1) is 4.18. The molecule has 0 bridgehead atoms. The van der Waals surface area contributed by atoms with Crippen molar-refractivity contribution in [2.24, 2.45) is 0 Å². The van der Waals surface area contributed by atoms with Crippen LogP contribution in [-0.2, 0) is 0 Å². The van der Waals surface area contributed by atoms with Crippen molar-refractivity contribution in [2.75, 3.05) is 0 Å². The molecule has 1 aromatic rings. The fourth-order valence-corrected chi connectivity index (χ4v) is 0.769. The number of aromatic nitrogens is 2. The Morgan fingerprint density at radius 1 is 1.70 bits per heavy atom. The molecule has 1 aromatic heterocycles. The molecule has 1 N–H and O–H groups in total. The topological polar surface area (TPSA) is 45.8 Å². The maximum absolute atomic E-state index is 10.5. The average molecular weight is 181 g/mol. The predicted molar refractivity (Wildman–Crippen MR) is 41.9 cm³/mol. The lowest BCUT2D eigenvalue weighted by Crippen LogP contribution is -2.05. The zero-order chi connectivity index (χ0) is 6.85. The fourth-order valence-electron chi connectivity index (χ4n) is 0.543. The van der Waals surface area contributed by atoms with Crippen LogP contribution in [0.15, 0.2) is 10.9 Å². The molecule has 0 aliphatic heterocycles. The lowest BCUT2D eigenvalue weighted by molar-refractivity contribution is 1.06. The smallest absolute Gasteiger partial charge is 0.252 e. The maximum Gasteiger partial charge on any atom is 0.252 e. The number of aromatic amines is 1. The van der Waals surface area contributed by atoms with Crippen molar-refractivity contribution in [3.8, 4) is 0 Å². The Bertz CT molecular complexity index is 247. The first-order valence-corrected chi connectivity index (χ1v) is 2.80. The summed E-state index contributed by atoms with van der Waals surface area (Å²) in [6.07, 6.45) is 0. The van der Waals surface area contributed by atoms with E-state index in [1.165, 1.54) is 6.07 Å². The molecule has 10 heavy (non-hydrogen) atoms. The third-order valence-electron chi connectivity index (χ3n) is 0.841. The molecule has 0 atom stereocenters. The molecule has 0 aliphatic rings. The largest absolute Gasteiger partial charge is 0.297 e. The Labute approximate surface area is 68.9 Å². The summed E-state index contributed by atoms with van der Waals surface area (Å²) in [7, 11) is 0. The molecule has 0 fully saturated rings. The van der Waals surface area contributed by atoms with E-state index in [4.69, 9.17) is 11.6 Å². The van der Waals surface area contributed by atoms with Crippen molar-refractivity contribution in [1.29, 1.82) is 0 Å². The summed E-state index contributed by atoms with van der Waals surface area (Å²) in [5.74, 6) is 0. The second kappa shape index (κ2) is 3.58. The van der Waals surface area contributed by atoms with Crippen molar-refractivity contribution in [2.45, 2.75) is 6.92 Å². The molecule has 0 radical (unpaired) electrons. The third-order valence-corrected chi connectivity index (χ3v) is 1.02. The van der Waals surface area contributed by atoms with Gasteiger partial charge in [0.2, 0.25) is 5.28 Å². The van der Waals surface area contributed by atoms with Gasteiger partial charge in [0.1, 0.15) is 0 Å². The zero-order valence-electron chi connectivity index (χ0n) is 5.22. The summed E-state index contributed by atoms with van der Waals surface area (Å²) >= 11 is 5.38. The van der Waals surface area contributed by atoms with Crippen LogP contribution in [0.4, 0.5) is 0 Å². The highest BCUT2D eigenvalue weighted by Crippen LogP contribution is 1.94. The highest BCUT2D eigenvalue weighted by Gasteiger charge is 1.90. The lowest BCUT2D eigenvalue weighted by Gasteiger charge is -1.88. The molecule has 0 amide bonds. The second-order valence-electron chi connectivity index (χ2n) is 1.68. The van der Waals surface area contributed by atoms with Crippen LogP contribution >= 0.6 is 24.0 Å². The molecule has 0 spiro atoms. The van der Waals surface area contributed by atoms with Gasteiger partial charge in [-0.2, -0.15) is 0 Å². The number of H-pyrrole nitrogens is 1.